The van der Waals surface area contributed by atoms with Gasteiger partial charge in [-0.25, -0.2) is 14.4 Å². The normalized spacial score (nSPS) is 27.2. The minimum atomic E-state index is -1.74. The fourth-order valence-electron chi connectivity index (χ4n) is 8.65. The lowest BCUT2D eigenvalue weighted by Crippen LogP contribution is -2.73. The second kappa shape index (κ2) is 12.4. The molecule has 6 aliphatic rings. The molecule has 2 heterocycles. The van der Waals surface area contributed by atoms with Gasteiger partial charge < -0.3 is 10.6 Å². The average molecular weight is 571 g/mol. The number of rotatable bonds is 4. The van der Waals surface area contributed by atoms with Crippen LogP contribution in [0.25, 0.3) is 0 Å². The summed E-state index contributed by atoms with van der Waals surface area (Å²) in [4.78, 5) is 64.0. The van der Waals surface area contributed by atoms with Crippen LogP contribution in [0.4, 0.5) is 14.4 Å². The van der Waals surface area contributed by atoms with Gasteiger partial charge in [0.1, 0.15) is 0 Å². The molecular formula is C31H50N6O4. The number of imide groups is 1. The third kappa shape index (κ3) is 5.29. The van der Waals surface area contributed by atoms with Crippen molar-refractivity contribution in [3.8, 4) is 0 Å². The Hall–Kier alpha value is -2.52. The summed E-state index contributed by atoms with van der Waals surface area (Å²) < 4.78 is 0. The molecule has 228 valence electrons. The summed E-state index contributed by atoms with van der Waals surface area (Å²) in [6, 6.07) is -1.19. The topological polar surface area (TPSA) is 105 Å². The number of nitrogens with one attached hydrogen (secondary N) is 2. The van der Waals surface area contributed by atoms with Crippen LogP contribution < -0.4 is 10.6 Å². The maximum atomic E-state index is 14.9. The molecule has 0 aromatic heterocycles. The van der Waals surface area contributed by atoms with Crippen molar-refractivity contribution in [2.75, 3.05) is 13.1 Å². The first kappa shape index (κ1) is 28.6. The van der Waals surface area contributed by atoms with Crippen molar-refractivity contribution >= 4 is 24.0 Å². The molecule has 2 aliphatic heterocycles. The van der Waals surface area contributed by atoms with Crippen molar-refractivity contribution in [2.24, 2.45) is 0 Å². The molecule has 0 bridgehead atoms. The molecule has 10 nitrogen and oxygen atoms in total. The van der Waals surface area contributed by atoms with E-state index in [9.17, 15) is 19.2 Å². The molecule has 7 amide bonds. The fourth-order valence-corrected chi connectivity index (χ4v) is 8.65. The van der Waals surface area contributed by atoms with Crippen molar-refractivity contribution in [3.63, 3.8) is 0 Å². The Morgan fingerprint density at radius 2 is 0.951 bits per heavy atom. The molecule has 0 aromatic rings. The standard InChI is InChI=1S/C31H50N6O4/c38-27-31(37(26-19-11-4-12-20-26)30(41)36(27)25-17-9-3-10-18-25)34(28(39)32-23-13-5-1-6-14-23)21-22-35(31)29(40)33-24-15-7-2-8-16-24/h23-26H,1-22H2,(H,32,39)(H,33,40). The van der Waals surface area contributed by atoms with Crippen molar-refractivity contribution in [1.82, 2.24) is 30.2 Å². The highest BCUT2D eigenvalue weighted by atomic mass is 16.2. The Balaban J connectivity index is 1.39. The monoisotopic (exact) mass is 570 g/mol. The van der Waals surface area contributed by atoms with Crippen LogP contribution in [-0.2, 0) is 4.79 Å². The zero-order chi connectivity index (χ0) is 28.4. The van der Waals surface area contributed by atoms with Crippen LogP contribution in [0.1, 0.15) is 128 Å². The van der Waals surface area contributed by atoms with E-state index < -0.39 is 11.7 Å². The summed E-state index contributed by atoms with van der Waals surface area (Å²) in [5.74, 6) is -2.14. The van der Waals surface area contributed by atoms with Crippen molar-refractivity contribution < 1.29 is 19.2 Å². The molecule has 0 radical (unpaired) electrons. The Morgan fingerprint density at radius 3 is 1.39 bits per heavy atom. The summed E-state index contributed by atoms with van der Waals surface area (Å²) in [5, 5.41) is 6.45. The largest absolute Gasteiger partial charge is 0.335 e. The number of carbonyl (C=O) groups is 4. The first-order valence-electron chi connectivity index (χ1n) is 16.8. The van der Waals surface area contributed by atoms with E-state index in [2.05, 4.69) is 10.6 Å². The highest BCUT2D eigenvalue weighted by molar-refractivity contribution is 6.10. The molecule has 0 unspecified atom stereocenters. The van der Waals surface area contributed by atoms with Gasteiger partial charge in [0.05, 0.1) is 0 Å². The predicted molar refractivity (Wildman–Crippen MR) is 155 cm³/mol. The van der Waals surface area contributed by atoms with Crippen LogP contribution in [0.5, 0.6) is 0 Å². The molecule has 6 fully saturated rings. The third-order valence-corrected chi connectivity index (χ3v) is 10.8. The minimum absolute atomic E-state index is 0.0585. The smallest absolute Gasteiger partial charge is 0.331 e. The predicted octanol–water partition coefficient (Wildman–Crippen LogP) is 5.27. The maximum Gasteiger partial charge on any atom is 0.331 e. The molecule has 10 heteroatoms. The van der Waals surface area contributed by atoms with Crippen LogP contribution in [0.2, 0.25) is 0 Å². The van der Waals surface area contributed by atoms with Crippen molar-refractivity contribution in [3.05, 3.63) is 0 Å². The number of hydrogen-bond acceptors (Lipinski definition) is 4. The number of hydrogen-bond donors (Lipinski definition) is 2. The van der Waals surface area contributed by atoms with Gasteiger partial charge in [-0.3, -0.25) is 24.4 Å². The van der Waals surface area contributed by atoms with Crippen LogP contribution >= 0.6 is 0 Å². The molecule has 4 aliphatic carbocycles. The number of carbonyl (C=O) groups excluding carboxylic acids is 4. The Labute approximate surface area is 244 Å². The number of nitrogens with zero attached hydrogens (tertiary/aromatic N) is 4. The Kier molecular flexibility index (Phi) is 8.63. The molecule has 6 rings (SSSR count). The maximum absolute atomic E-state index is 14.9. The van der Waals surface area contributed by atoms with Gasteiger partial charge in [0.2, 0.25) is 0 Å². The summed E-state index contributed by atoms with van der Waals surface area (Å²) >= 11 is 0. The molecule has 2 N–H and O–H groups in total. The summed E-state index contributed by atoms with van der Waals surface area (Å²) in [7, 11) is 0. The summed E-state index contributed by atoms with van der Waals surface area (Å²) in [5.41, 5.74) is 0. The van der Waals surface area contributed by atoms with E-state index >= 15 is 0 Å². The summed E-state index contributed by atoms with van der Waals surface area (Å²) in [6.07, 6.45) is 19.6. The van der Waals surface area contributed by atoms with Crippen LogP contribution in [-0.4, -0.2) is 86.6 Å². The van der Waals surface area contributed by atoms with Gasteiger partial charge in [0.25, 0.3) is 5.79 Å². The molecular weight excluding hydrogens is 520 g/mol. The quantitative estimate of drug-likeness (QED) is 0.449. The van der Waals surface area contributed by atoms with Crippen LogP contribution in [0, 0.1) is 0 Å². The van der Waals surface area contributed by atoms with Gasteiger partial charge in [-0.1, -0.05) is 77.0 Å². The van der Waals surface area contributed by atoms with Crippen molar-refractivity contribution in [1.29, 1.82) is 0 Å². The van der Waals surface area contributed by atoms with Gasteiger partial charge in [-0.2, -0.15) is 0 Å². The van der Waals surface area contributed by atoms with E-state index in [0.29, 0.717) is 0 Å². The van der Waals surface area contributed by atoms with Gasteiger partial charge in [-0.15, -0.1) is 0 Å². The number of urea groups is 3. The second-order valence-electron chi connectivity index (χ2n) is 13.4. The Morgan fingerprint density at radius 1 is 0.561 bits per heavy atom. The summed E-state index contributed by atoms with van der Waals surface area (Å²) in [6.45, 7) is 0.467. The van der Waals surface area contributed by atoms with Gasteiger partial charge >= 0.3 is 24.0 Å². The van der Waals surface area contributed by atoms with Gasteiger partial charge in [0, 0.05) is 37.3 Å². The molecule has 2 saturated heterocycles. The SMILES string of the molecule is O=C(NC1CCCCC1)N1CCN(C(=O)NC2CCCCC2)C12C(=O)N(C1CCCCC1)C(=O)N2C1CCCCC1. The highest BCUT2D eigenvalue weighted by Gasteiger charge is 2.71. The van der Waals surface area contributed by atoms with E-state index in [1.807, 2.05) is 0 Å². The van der Waals surface area contributed by atoms with Crippen molar-refractivity contribution in [2.45, 2.75) is 158 Å². The lowest BCUT2D eigenvalue weighted by Gasteiger charge is -2.47. The number of amides is 7. The van der Waals surface area contributed by atoms with Crippen LogP contribution in [0.3, 0.4) is 0 Å². The van der Waals surface area contributed by atoms with E-state index in [4.69, 9.17) is 0 Å². The lowest BCUT2D eigenvalue weighted by atomic mass is 9.93. The lowest BCUT2D eigenvalue weighted by molar-refractivity contribution is -0.152. The van der Waals surface area contributed by atoms with E-state index in [0.717, 1.165) is 116 Å². The molecule has 41 heavy (non-hydrogen) atoms. The zero-order valence-electron chi connectivity index (χ0n) is 24.8. The van der Waals surface area contributed by atoms with Gasteiger partial charge in [0.15, 0.2) is 0 Å². The molecule has 0 aromatic carbocycles. The van der Waals surface area contributed by atoms with E-state index in [1.54, 1.807) is 14.7 Å². The fraction of sp³-hybridized carbons (Fsp3) is 0.871. The van der Waals surface area contributed by atoms with Gasteiger partial charge in [-0.05, 0) is 51.4 Å². The van der Waals surface area contributed by atoms with E-state index in [-0.39, 0.29) is 55.4 Å². The third-order valence-electron chi connectivity index (χ3n) is 10.8. The average Bonchev–Trinajstić information content (AvgIpc) is 3.50. The minimum Gasteiger partial charge on any atom is -0.335 e. The van der Waals surface area contributed by atoms with E-state index in [1.165, 1.54) is 17.7 Å². The molecule has 4 saturated carbocycles. The molecule has 0 atom stereocenters. The highest BCUT2D eigenvalue weighted by Crippen LogP contribution is 2.45. The Bertz CT molecular complexity index is 941. The second-order valence-corrected chi connectivity index (χ2v) is 13.4. The van der Waals surface area contributed by atoms with Crippen LogP contribution in [0.15, 0.2) is 0 Å². The zero-order valence-corrected chi connectivity index (χ0v) is 24.8. The first-order chi connectivity index (χ1) is 20.0. The molecule has 1 spiro atoms. The first-order valence-corrected chi connectivity index (χ1v) is 16.8.